The third-order valence-electron chi connectivity index (χ3n) is 0. The van der Waals surface area contributed by atoms with Crippen molar-refractivity contribution in [3.8, 4) is 0 Å². The van der Waals surface area contributed by atoms with E-state index in [4.69, 9.17) is 15.0 Å². The van der Waals surface area contributed by atoms with Gasteiger partial charge in [-0.3, -0.25) is 0 Å². The third-order valence-corrected chi connectivity index (χ3v) is 0. The number of carbonyl (C=O) groups is 1. The second kappa shape index (κ2) is 15.8. The zero-order valence-corrected chi connectivity index (χ0v) is 5.98. The summed E-state index contributed by atoms with van der Waals surface area (Å²) < 4.78 is 0. The van der Waals surface area contributed by atoms with Crippen molar-refractivity contribution in [2.24, 2.45) is 0 Å². The van der Waals surface area contributed by atoms with Crippen LogP contribution in [0, 0.1) is 0 Å². The minimum absolute atomic E-state index is 0. The molecule has 0 saturated carbocycles. The van der Waals surface area contributed by atoms with Crippen LogP contribution in [0.3, 0.4) is 0 Å². The Morgan fingerprint density at radius 3 is 1.29 bits per heavy atom. The quantitative estimate of drug-likeness (QED) is 0.444. The fourth-order valence-electron chi connectivity index (χ4n) is 0. The van der Waals surface area contributed by atoms with E-state index in [0.29, 0.717) is 0 Å². The Morgan fingerprint density at radius 1 is 1.29 bits per heavy atom. The molecule has 0 fully saturated rings. The summed E-state index contributed by atoms with van der Waals surface area (Å²) in [4.78, 5) is 8.56. The van der Waals surface area contributed by atoms with Gasteiger partial charge in [-0.1, -0.05) is 0 Å². The van der Waals surface area contributed by atoms with Gasteiger partial charge in [0.15, 0.2) is 0 Å². The summed E-state index contributed by atoms with van der Waals surface area (Å²) in [6.45, 7) is 0. The molecular formula is CH5NaO4Zn. The molecule has 0 rings (SSSR count). The zero-order valence-electron chi connectivity index (χ0n) is 3.01. The molecule has 0 heterocycles. The van der Waals surface area contributed by atoms with Crippen molar-refractivity contribution < 1.29 is 40.0 Å². The largest absolute Gasteiger partial charge is 0 e. The van der Waals surface area contributed by atoms with Gasteiger partial charge in [0.2, 0.25) is 0 Å². The maximum atomic E-state index is 8.56. The SMILES string of the molecule is O.O=C(O)O.[NaH].[Zn]. The van der Waals surface area contributed by atoms with Gasteiger partial charge in [0.25, 0.3) is 0 Å². The van der Waals surface area contributed by atoms with Crippen LogP contribution >= 0.6 is 0 Å². The minimum atomic E-state index is -1.83. The van der Waals surface area contributed by atoms with E-state index in [9.17, 15) is 0 Å². The van der Waals surface area contributed by atoms with Crippen LogP contribution in [-0.2, 0) is 19.5 Å². The van der Waals surface area contributed by atoms with Gasteiger partial charge < -0.3 is 15.7 Å². The van der Waals surface area contributed by atoms with Gasteiger partial charge in [-0.15, -0.1) is 0 Å². The van der Waals surface area contributed by atoms with Crippen LogP contribution < -0.4 is 0 Å². The zero-order chi connectivity index (χ0) is 3.58. The average molecular weight is 169 g/mol. The van der Waals surface area contributed by atoms with E-state index in [-0.39, 0.29) is 54.5 Å². The van der Waals surface area contributed by atoms with Gasteiger partial charge in [0.1, 0.15) is 0 Å². The molecule has 0 atom stereocenters. The van der Waals surface area contributed by atoms with E-state index in [1.165, 1.54) is 0 Å². The molecule has 6 heteroatoms. The third kappa shape index (κ3) is 222. The molecule has 36 valence electrons. The van der Waals surface area contributed by atoms with Gasteiger partial charge >= 0.3 is 35.7 Å². The van der Waals surface area contributed by atoms with Gasteiger partial charge in [0.05, 0.1) is 0 Å². The summed E-state index contributed by atoms with van der Waals surface area (Å²) in [5.74, 6) is 0. The second-order valence-electron chi connectivity index (χ2n) is 0.283. The molecule has 0 amide bonds. The summed E-state index contributed by atoms with van der Waals surface area (Å²) >= 11 is 0. The topological polar surface area (TPSA) is 89.0 Å². The maximum absolute atomic E-state index is 8.56. The van der Waals surface area contributed by atoms with Crippen molar-refractivity contribution in [1.29, 1.82) is 0 Å². The average Bonchev–Trinajstić information content (AvgIpc) is 0.811. The first-order valence-corrected chi connectivity index (χ1v) is 0.651. The predicted molar refractivity (Wildman–Crippen MR) is 21.4 cm³/mol. The number of carboxylic acid groups (broad SMARTS) is 2. The Kier molecular flexibility index (Phi) is 56.1. The Hall–Kier alpha value is 0.853. The van der Waals surface area contributed by atoms with Crippen LogP contribution in [-0.4, -0.2) is 51.4 Å². The summed E-state index contributed by atoms with van der Waals surface area (Å²) in [5, 5.41) is 13.9. The van der Waals surface area contributed by atoms with E-state index in [1.807, 2.05) is 0 Å². The van der Waals surface area contributed by atoms with Crippen molar-refractivity contribution in [2.45, 2.75) is 0 Å². The van der Waals surface area contributed by atoms with Gasteiger partial charge in [-0.05, 0) is 0 Å². The van der Waals surface area contributed by atoms with E-state index < -0.39 is 6.16 Å². The molecule has 4 nitrogen and oxygen atoms in total. The van der Waals surface area contributed by atoms with E-state index in [1.54, 1.807) is 0 Å². The van der Waals surface area contributed by atoms with Gasteiger partial charge in [0, 0.05) is 19.5 Å². The smallest absolute Gasteiger partial charge is 0 e. The molecule has 0 aliphatic carbocycles. The fraction of sp³-hybridized carbons (Fsp3) is 0. The standard InChI is InChI=1S/CH2O3.Na.H2O.Zn.H/c2-1(3)4;;;;/h(H2,2,3,4);;1H2;;. The van der Waals surface area contributed by atoms with Crippen molar-refractivity contribution in [2.75, 3.05) is 0 Å². The Balaban J connectivity index is -0.0000000150. The first-order chi connectivity index (χ1) is 1.73. The Bertz CT molecular complexity index is 34.7. The summed E-state index contributed by atoms with van der Waals surface area (Å²) in [6.07, 6.45) is -1.83. The van der Waals surface area contributed by atoms with Crippen LogP contribution in [0.4, 0.5) is 4.79 Å². The molecule has 0 bridgehead atoms. The summed E-state index contributed by atoms with van der Waals surface area (Å²) in [6, 6.07) is 0. The van der Waals surface area contributed by atoms with Crippen molar-refractivity contribution in [1.82, 2.24) is 0 Å². The number of hydrogen-bond donors (Lipinski definition) is 2. The molecule has 0 aromatic rings. The van der Waals surface area contributed by atoms with Crippen molar-refractivity contribution >= 4 is 35.7 Å². The van der Waals surface area contributed by atoms with Gasteiger partial charge in [-0.25, -0.2) is 4.79 Å². The van der Waals surface area contributed by atoms with E-state index >= 15 is 0 Å². The Labute approximate surface area is 75.3 Å². The molecule has 0 aliphatic rings. The normalized spacial score (nSPS) is 3.43. The van der Waals surface area contributed by atoms with Gasteiger partial charge in [-0.2, -0.15) is 0 Å². The van der Waals surface area contributed by atoms with Crippen LogP contribution in [0.15, 0.2) is 0 Å². The molecule has 0 radical (unpaired) electrons. The molecule has 7 heavy (non-hydrogen) atoms. The van der Waals surface area contributed by atoms with Crippen molar-refractivity contribution in [3.05, 3.63) is 0 Å². The van der Waals surface area contributed by atoms with Crippen LogP contribution in [0.2, 0.25) is 0 Å². The monoisotopic (exact) mass is 168 g/mol. The molecule has 0 saturated heterocycles. The molecule has 4 N–H and O–H groups in total. The van der Waals surface area contributed by atoms with E-state index in [2.05, 4.69) is 0 Å². The first-order valence-electron chi connectivity index (χ1n) is 0.651. The summed E-state index contributed by atoms with van der Waals surface area (Å²) in [5.41, 5.74) is 0. The van der Waals surface area contributed by atoms with Crippen LogP contribution in [0.1, 0.15) is 0 Å². The number of rotatable bonds is 0. The van der Waals surface area contributed by atoms with E-state index in [0.717, 1.165) is 0 Å². The molecular weight excluding hydrogens is 164 g/mol. The van der Waals surface area contributed by atoms with Crippen LogP contribution in [0.5, 0.6) is 0 Å². The molecule has 0 unspecified atom stereocenters. The molecule has 0 aliphatic heterocycles. The van der Waals surface area contributed by atoms with Crippen molar-refractivity contribution in [3.63, 3.8) is 0 Å². The first kappa shape index (κ1) is 24.8. The predicted octanol–water partition coefficient (Wildman–Crippen LogP) is -1.25. The number of hydrogen-bond acceptors (Lipinski definition) is 1. The molecule has 0 aromatic carbocycles. The second-order valence-corrected chi connectivity index (χ2v) is 0.283. The molecule has 0 spiro atoms. The van der Waals surface area contributed by atoms with Crippen LogP contribution in [0.25, 0.3) is 0 Å². The minimum Gasteiger partial charge on any atom is 0 e. The Morgan fingerprint density at radius 2 is 1.29 bits per heavy atom. The summed E-state index contributed by atoms with van der Waals surface area (Å²) in [7, 11) is 0. The molecule has 0 aromatic heterocycles. The maximum Gasteiger partial charge on any atom is 0 e. The fourth-order valence-corrected chi connectivity index (χ4v) is 0.